The molecule has 0 radical (unpaired) electrons. The Hall–Kier alpha value is -1.77. The van der Waals surface area contributed by atoms with Crippen molar-refractivity contribution in [1.82, 2.24) is 10.3 Å². The highest BCUT2D eigenvalue weighted by Gasteiger charge is 2.19. The van der Waals surface area contributed by atoms with Gasteiger partial charge in [0.1, 0.15) is 0 Å². The van der Waals surface area contributed by atoms with Gasteiger partial charge >= 0.3 is 0 Å². The van der Waals surface area contributed by atoms with E-state index in [1.54, 1.807) is 0 Å². The van der Waals surface area contributed by atoms with Crippen molar-refractivity contribution in [2.24, 2.45) is 11.8 Å². The lowest BCUT2D eigenvalue weighted by Gasteiger charge is -2.26. The van der Waals surface area contributed by atoms with Gasteiger partial charge in [-0.3, -0.25) is 4.79 Å². The van der Waals surface area contributed by atoms with Crippen LogP contribution < -0.4 is 5.32 Å². The molecule has 1 amide bonds. The zero-order chi connectivity index (χ0) is 13.9. The first kappa shape index (κ1) is 13.2. The molecule has 1 saturated carbocycles. The second-order valence-electron chi connectivity index (χ2n) is 6.08. The van der Waals surface area contributed by atoms with E-state index in [0.29, 0.717) is 5.92 Å². The molecular weight excluding hydrogens is 248 g/mol. The quantitative estimate of drug-likeness (QED) is 0.877. The molecule has 0 bridgehead atoms. The third kappa shape index (κ3) is 2.72. The standard InChI is InChI=1S/C17H22N2O/c1-12-5-7-13(8-6-12)11-19-17(20)15-4-2-3-14-9-10-18-16(14)15/h2-4,9-10,12-13,18H,5-8,11H2,1H3,(H,19,20). The van der Waals surface area contributed by atoms with Gasteiger partial charge in [-0.1, -0.05) is 31.9 Å². The van der Waals surface area contributed by atoms with Crippen molar-refractivity contribution in [3.8, 4) is 0 Å². The second-order valence-corrected chi connectivity index (χ2v) is 6.08. The van der Waals surface area contributed by atoms with Gasteiger partial charge in [-0.15, -0.1) is 0 Å². The maximum Gasteiger partial charge on any atom is 0.253 e. The largest absolute Gasteiger partial charge is 0.361 e. The number of carbonyl (C=O) groups is 1. The summed E-state index contributed by atoms with van der Waals surface area (Å²) in [5.74, 6) is 1.55. The lowest BCUT2D eigenvalue weighted by atomic mass is 9.83. The molecule has 2 aromatic rings. The van der Waals surface area contributed by atoms with Gasteiger partial charge in [-0.2, -0.15) is 0 Å². The molecule has 1 fully saturated rings. The summed E-state index contributed by atoms with van der Waals surface area (Å²) in [6.07, 6.45) is 6.96. The van der Waals surface area contributed by atoms with E-state index in [0.717, 1.165) is 28.9 Å². The Morgan fingerprint density at radius 1 is 1.25 bits per heavy atom. The number of benzene rings is 1. The fraction of sp³-hybridized carbons (Fsp3) is 0.471. The van der Waals surface area contributed by atoms with Gasteiger partial charge in [0.15, 0.2) is 0 Å². The lowest BCUT2D eigenvalue weighted by molar-refractivity contribution is 0.0943. The van der Waals surface area contributed by atoms with Crippen LogP contribution in [0.3, 0.4) is 0 Å². The first-order valence-corrected chi connectivity index (χ1v) is 7.58. The summed E-state index contributed by atoms with van der Waals surface area (Å²) in [6, 6.07) is 7.84. The van der Waals surface area contributed by atoms with Crippen LogP contribution in [0.1, 0.15) is 43.0 Å². The highest BCUT2D eigenvalue weighted by atomic mass is 16.1. The van der Waals surface area contributed by atoms with Crippen LogP contribution in [-0.2, 0) is 0 Å². The predicted molar refractivity (Wildman–Crippen MR) is 81.8 cm³/mol. The summed E-state index contributed by atoms with van der Waals surface area (Å²) >= 11 is 0. The summed E-state index contributed by atoms with van der Waals surface area (Å²) < 4.78 is 0. The molecule has 1 aliphatic carbocycles. The summed E-state index contributed by atoms with van der Waals surface area (Å²) in [5.41, 5.74) is 1.68. The topological polar surface area (TPSA) is 44.9 Å². The Balaban J connectivity index is 1.63. The average molecular weight is 270 g/mol. The Morgan fingerprint density at radius 3 is 2.85 bits per heavy atom. The number of amides is 1. The Labute approximate surface area is 119 Å². The van der Waals surface area contributed by atoms with Crippen LogP contribution in [0.5, 0.6) is 0 Å². The van der Waals surface area contributed by atoms with Crippen LogP contribution >= 0.6 is 0 Å². The molecule has 3 rings (SSSR count). The molecule has 0 atom stereocenters. The van der Waals surface area contributed by atoms with E-state index >= 15 is 0 Å². The Morgan fingerprint density at radius 2 is 2.05 bits per heavy atom. The molecule has 1 aromatic heterocycles. The SMILES string of the molecule is CC1CCC(CNC(=O)c2cccc3cc[nH]c23)CC1. The predicted octanol–water partition coefficient (Wildman–Crippen LogP) is 3.72. The van der Waals surface area contributed by atoms with Crippen molar-refractivity contribution < 1.29 is 4.79 Å². The third-order valence-electron chi connectivity index (χ3n) is 4.52. The van der Waals surface area contributed by atoms with Crippen LogP contribution in [0, 0.1) is 11.8 Å². The number of hydrogen-bond acceptors (Lipinski definition) is 1. The minimum atomic E-state index is 0.0386. The number of rotatable bonds is 3. The van der Waals surface area contributed by atoms with Crippen molar-refractivity contribution in [2.45, 2.75) is 32.6 Å². The molecule has 3 nitrogen and oxygen atoms in total. The van der Waals surface area contributed by atoms with E-state index in [1.165, 1.54) is 25.7 Å². The number of para-hydroxylation sites is 1. The number of carbonyl (C=O) groups excluding carboxylic acids is 1. The van der Waals surface area contributed by atoms with Crippen molar-refractivity contribution in [3.05, 3.63) is 36.0 Å². The van der Waals surface area contributed by atoms with E-state index in [1.807, 2.05) is 30.5 Å². The van der Waals surface area contributed by atoms with Gasteiger partial charge in [0, 0.05) is 18.1 Å². The number of fused-ring (bicyclic) bond motifs is 1. The fourth-order valence-corrected chi connectivity index (χ4v) is 3.14. The molecule has 0 aliphatic heterocycles. The Kier molecular flexibility index (Phi) is 3.77. The van der Waals surface area contributed by atoms with Gasteiger partial charge in [-0.05, 0) is 36.8 Å². The van der Waals surface area contributed by atoms with Crippen LogP contribution in [0.25, 0.3) is 10.9 Å². The average Bonchev–Trinajstić information content (AvgIpc) is 2.94. The van der Waals surface area contributed by atoms with E-state index < -0.39 is 0 Å². The monoisotopic (exact) mass is 270 g/mol. The minimum absolute atomic E-state index is 0.0386. The molecule has 1 heterocycles. The zero-order valence-corrected chi connectivity index (χ0v) is 12.0. The van der Waals surface area contributed by atoms with E-state index in [9.17, 15) is 4.79 Å². The Bertz CT molecular complexity index is 594. The molecule has 0 unspecified atom stereocenters. The molecule has 20 heavy (non-hydrogen) atoms. The van der Waals surface area contributed by atoms with Gasteiger partial charge in [0.2, 0.25) is 0 Å². The van der Waals surface area contributed by atoms with Gasteiger partial charge < -0.3 is 10.3 Å². The summed E-state index contributed by atoms with van der Waals surface area (Å²) in [6.45, 7) is 3.13. The molecule has 0 spiro atoms. The van der Waals surface area contributed by atoms with E-state index in [2.05, 4.69) is 17.2 Å². The van der Waals surface area contributed by atoms with E-state index in [4.69, 9.17) is 0 Å². The van der Waals surface area contributed by atoms with Crippen LogP contribution in [0.4, 0.5) is 0 Å². The summed E-state index contributed by atoms with van der Waals surface area (Å²) in [4.78, 5) is 15.5. The van der Waals surface area contributed by atoms with Gasteiger partial charge in [-0.25, -0.2) is 0 Å². The normalized spacial score (nSPS) is 22.9. The highest BCUT2D eigenvalue weighted by molar-refractivity contribution is 6.05. The second kappa shape index (κ2) is 5.70. The maximum absolute atomic E-state index is 12.3. The van der Waals surface area contributed by atoms with Crippen molar-refractivity contribution in [3.63, 3.8) is 0 Å². The van der Waals surface area contributed by atoms with Crippen LogP contribution in [-0.4, -0.2) is 17.4 Å². The smallest absolute Gasteiger partial charge is 0.253 e. The summed E-state index contributed by atoms with van der Waals surface area (Å²) in [5, 5.41) is 4.19. The van der Waals surface area contributed by atoms with Crippen LogP contribution in [0.15, 0.2) is 30.5 Å². The number of hydrogen-bond donors (Lipinski definition) is 2. The molecule has 2 N–H and O–H groups in total. The molecule has 1 aliphatic rings. The van der Waals surface area contributed by atoms with Gasteiger partial charge in [0.25, 0.3) is 5.91 Å². The molecular formula is C17H22N2O. The highest BCUT2D eigenvalue weighted by Crippen LogP contribution is 2.27. The number of aromatic amines is 1. The molecule has 0 saturated heterocycles. The number of aromatic nitrogens is 1. The van der Waals surface area contributed by atoms with Crippen molar-refractivity contribution >= 4 is 16.8 Å². The number of H-pyrrole nitrogens is 1. The molecule has 1 aromatic carbocycles. The fourth-order valence-electron chi connectivity index (χ4n) is 3.14. The number of nitrogens with one attached hydrogen (secondary N) is 2. The van der Waals surface area contributed by atoms with Crippen molar-refractivity contribution in [1.29, 1.82) is 0 Å². The first-order valence-electron chi connectivity index (χ1n) is 7.58. The van der Waals surface area contributed by atoms with Gasteiger partial charge in [0.05, 0.1) is 11.1 Å². The lowest BCUT2D eigenvalue weighted by Crippen LogP contribution is -2.31. The van der Waals surface area contributed by atoms with Crippen molar-refractivity contribution in [2.75, 3.05) is 6.54 Å². The van der Waals surface area contributed by atoms with Crippen LogP contribution in [0.2, 0.25) is 0 Å². The first-order chi connectivity index (χ1) is 9.74. The zero-order valence-electron chi connectivity index (χ0n) is 12.0. The minimum Gasteiger partial charge on any atom is -0.361 e. The summed E-state index contributed by atoms with van der Waals surface area (Å²) in [7, 11) is 0. The van der Waals surface area contributed by atoms with E-state index in [-0.39, 0.29) is 5.91 Å². The maximum atomic E-state index is 12.3. The molecule has 3 heteroatoms. The molecule has 106 valence electrons. The third-order valence-corrected chi connectivity index (χ3v) is 4.52.